The average Bonchev–Trinajstić information content (AvgIpc) is 2.93. The second kappa shape index (κ2) is 5.40. The number of nitrogens with one attached hydrogen (secondary N) is 1. The molecule has 0 bridgehead atoms. The Bertz CT molecular complexity index is 442. The summed E-state index contributed by atoms with van der Waals surface area (Å²) in [5.41, 5.74) is -0.340. The quantitative estimate of drug-likeness (QED) is 0.735. The highest BCUT2D eigenvalue weighted by Gasteiger charge is 2.50. The number of hydrogen-bond acceptors (Lipinski definition) is 5. The zero-order valence-corrected chi connectivity index (χ0v) is 12.5. The first kappa shape index (κ1) is 14.8. The van der Waals surface area contributed by atoms with Crippen LogP contribution in [-0.4, -0.2) is 45.6 Å². The number of esters is 1. The van der Waals surface area contributed by atoms with Crippen LogP contribution in [-0.2, 0) is 19.4 Å². The Hall–Kier alpha value is -0.620. The average molecular weight is 289 g/mol. The topological polar surface area (TPSA) is 72.5 Å². The number of sulfone groups is 1. The highest BCUT2D eigenvalue weighted by molar-refractivity contribution is 7.92. The van der Waals surface area contributed by atoms with Crippen molar-refractivity contribution in [3.05, 3.63) is 0 Å². The normalized spacial score (nSPS) is 29.2. The largest absolute Gasteiger partial charge is 0.469 e. The maximum absolute atomic E-state index is 12.5. The minimum absolute atomic E-state index is 0.0685. The van der Waals surface area contributed by atoms with Crippen LogP contribution in [0.15, 0.2) is 0 Å². The summed E-state index contributed by atoms with van der Waals surface area (Å²) in [5.74, 6) is -0.165. The summed E-state index contributed by atoms with van der Waals surface area (Å²) in [7, 11) is 0.0268. The number of hydrogen-bond donors (Lipinski definition) is 1. The summed E-state index contributed by atoms with van der Waals surface area (Å²) in [6.07, 6.45) is 4.49. The first-order valence-corrected chi connectivity index (χ1v) is 8.60. The van der Waals surface area contributed by atoms with Crippen LogP contribution in [0.25, 0.3) is 0 Å². The molecular formula is C13H23NO4S. The summed E-state index contributed by atoms with van der Waals surface area (Å²) in [4.78, 5) is 11.4. The molecule has 19 heavy (non-hydrogen) atoms. The van der Waals surface area contributed by atoms with Crippen LogP contribution in [0.5, 0.6) is 0 Å². The highest BCUT2D eigenvalue weighted by Crippen LogP contribution is 2.51. The molecule has 110 valence electrons. The molecule has 0 aliphatic heterocycles. The third-order valence-corrected chi connectivity index (χ3v) is 7.00. The minimum atomic E-state index is -3.14. The molecule has 2 aliphatic carbocycles. The molecule has 2 atom stereocenters. The van der Waals surface area contributed by atoms with E-state index in [9.17, 15) is 13.2 Å². The van der Waals surface area contributed by atoms with Gasteiger partial charge in [-0.15, -0.1) is 0 Å². The Morgan fingerprint density at radius 2 is 2.05 bits per heavy atom. The fourth-order valence-electron chi connectivity index (χ4n) is 3.15. The standard InChI is InChI=1S/C13H23NO4S/c1-14-10-4-3-5-11(10)19(16,17)9-13(6-7-13)8-12(15)18-2/h10-11,14H,3-9H2,1-2H3. The van der Waals surface area contributed by atoms with Crippen LogP contribution in [0.1, 0.15) is 38.5 Å². The lowest BCUT2D eigenvalue weighted by atomic mass is 10.1. The molecule has 6 heteroatoms. The van der Waals surface area contributed by atoms with E-state index >= 15 is 0 Å². The first-order chi connectivity index (χ1) is 8.92. The first-order valence-electron chi connectivity index (χ1n) is 6.88. The van der Waals surface area contributed by atoms with Crippen molar-refractivity contribution in [1.29, 1.82) is 0 Å². The van der Waals surface area contributed by atoms with Gasteiger partial charge in [-0.3, -0.25) is 4.79 Å². The summed E-state index contributed by atoms with van der Waals surface area (Å²) >= 11 is 0. The molecule has 2 unspecified atom stereocenters. The third-order valence-electron chi connectivity index (χ3n) is 4.50. The van der Waals surface area contributed by atoms with Crippen molar-refractivity contribution in [1.82, 2.24) is 5.32 Å². The van der Waals surface area contributed by atoms with Gasteiger partial charge in [0.1, 0.15) is 0 Å². The Morgan fingerprint density at radius 3 is 2.58 bits per heavy atom. The van der Waals surface area contributed by atoms with E-state index in [2.05, 4.69) is 10.1 Å². The van der Waals surface area contributed by atoms with E-state index in [0.717, 1.165) is 32.1 Å². The lowest BCUT2D eigenvalue weighted by Gasteiger charge is -2.22. The molecule has 0 radical (unpaired) electrons. The van der Waals surface area contributed by atoms with Gasteiger partial charge in [-0.05, 0) is 38.1 Å². The smallest absolute Gasteiger partial charge is 0.306 e. The molecule has 0 aromatic carbocycles. The summed E-state index contributed by atoms with van der Waals surface area (Å²) in [5, 5.41) is 2.82. The van der Waals surface area contributed by atoms with Crippen molar-refractivity contribution >= 4 is 15.8 Å². The van der Waals surface area contributed by atoms with E-state index in [-0.39, 0.29) is 34.8 Å². The Kier molecular flexibility index (Phi) is 4.20. The van der Waals surface area contributed by atoms with Gasteiger partial charge in [0.15, 0.2) is 9.84 Å². The van der Waals surface area contributed by atoms with Crippen molar-refractivity contribution < 1.29 is 17.9 Å². The molecule has 5 nitrogen and oxygen atoms in total. The second-order valence-electron chi connectivity index (χ2n) is 5.92. The zero-order chi connectivity index (χ0) is 14.1. The van der Waals surface area contributed by atoms with Crippen LogP contribution in [0.3, 0.4) is 0 Å². The number of ether oxygens (including phenoxy) is 1. The van der Waals surface area contributed by atoms with Gasteiger partial charge in [0, 0.05) is 6.04 Å². The molecule has 0 aromatic rings. The molecule has 0 heterocycles. The molecule has 1 N–H and O–H groups in total. The number of rotatable bonds is 6. The van der Waals surface area contributed by atoms with Crippen LogP contribution in [0, 0.1) is 5.41 Å². The lowest BCUT2D eigenvalue weighted by molar-refractivity contribution is -0.141. The summed E-state index contributed by atoms with van der Waals surface area (Å²) < 4.78 is 29.7. The molecule has 0 aromatic heterocycles. The predicted octanol–water partition coefficient (Wildman–Crippen LogP) is 0.885. The number of methoxy groups -OCH3 is 1. The van der Waals surface area contributed by atoms with Gasteiger partial charge in [0.2, 0.25) is 0 Å². The van der Waals surface area contributed by atoms with Crippen molar-refractivity contribution in [2.75, 3.05) is 19.9 Å². The Morgan fingerprint density at radius 1 is 1.37 bits per heavy atom. The van der Waals surface area contributed by atoms with Gasteiger partial charge in [-0.1, -0.05) is 6.42 Å². The SMILES string of the molecule is CNC1CCCC1S(=O)(=O)CC1(CC(=O)OC)CC1. The van der Waals surface area contributed by atoms with Gasteiger partial charge in [0.25, 0.3) is 0 Å². The Balaban J connectivity index is 2.03. The van der Waals surface area contributed by atoms with Crippen LogP contribution in [0.4, 0.5) is 0 Å². The maximum atomic E-state index is 12.5. The molecule has 2 fully saturated rings. The fraction of sp³-hybridized carbons (Fsp3) is 0.923. The van der Waals surface area contributed by atoms with Crippen molar-refractivity contribution in [2.45, 2.75) is 49.8 Å². The number of carbonyl (C=O) groups is 1. The second-order valence-corrected chi connectivity index (χ2v) is 8.14. The molecular weight excluding hydrogens is 266 g/mol. The highest BCUT2D eigenvalue weighted by atomic mass is 32.2. The van der Waals surface area contributed by atoms with Crippen LogP contribution < -0.4 is 5.32 Å². The summed E-state index contributed by atoms with van der Waals surface area (Å²) in [6.45, 7) is 0. The van der Waals surface area contributed by atoms with E-state index in [1.165, 1.54) is 7.11 Å². The van der Waals surface area contributed by atoms with Crippen molar-refractivity contribution in [2.24, 2.45) is 5.41 Å². The van der Waals surface area contributed by atoms with Gasteiger partial charge < -0.3 is 10.1 Å². The third kappa shape index (κ3) is 3.28. The Labute approximate surface area is 115 Å². The van der Waals surface area contributed by atoms with Crippen molar-refractivity contribution in [3.63, 3.8) is 0 Å². The van der Waals surface area contributed by atoms with Crippen LogP contribution >= 0.6 is 0 Å². The van der Waals surface area contributed by atoms with Gasteiger partial charge >= 0.3 is 5.97 Å². The summed E-state index contributed by atoms with van der Waals surface area (Å²) in [6, 6.07) is 0.0685. The van der Waals surface area contributed by atoms with Gasteiger partial charge in [0.05, 0.1) is 24.5 Å². The van der Waals surface area contributed by atoms with Gasteiger partial charge in [-0.2, -0.15) is 0 Å². The number of carbonyl (C=O) groups excluding carboxylic acids is 1. The molecule has 0 amide bonds. The minimum Gasteiger partial charge on any atom is -0.469 e. The monoisotopic (exact) mass is 289 g/mol. The maximum Gasteiger partial charge on any atom is 0.306 e. The molecule has 2 saturated carbocycles. The lowest BCUT2D eigenvalue weighted by Crippen LogP contribution is -2.41. The van der Waals surface area contributed by atoms with E-state index in [0.29, 0.717) is 0 Å². The van der Waals surface area contributed by atoms with E-state index < -0.39 is 9.84 Å². The van der Waals surface area contributed by atoms with E-state index in [4.69, 9.17) is 0 Å². The van der Waals surface area contributed by atoms with Crippen LogP contribution in [0.2, 0.25) is 0 Å². The molecule has 0 spiro atoms. The van der Waals surface area contributed by atoms with Gasteiger partial charge in [-0.25, -0.2) is 8.42 Å². The molecule has 0 saturated heterocycles. The van der Waals surface area contributed by atoms with E-state index in [1.54, 1.807) is 0 Å². The predicted molar refractivity (Wildman–Crippen MR) is 72.6 cm³/mol. The zero-order valence-electron chi connectivity index (χ0n) is 11.6. The fourth-order valence-corrected chi connectivity index (χ4v) is 5.90. The molecule has 2 aliphatic rings. The molecule has 2 rings (SSSR count). The van der Waals surface area contributed by atoms with E-state index in [1.807, 2.05) is 7.05 Å². The van der Waals surface area contributed by atoms with Crippen molar-refractivity contribution in [3.8, 4) is 0 Å².